The smallest absolute Gasteiger partial charge is 0.233 e. The molecule has 3 N–H and O–H groups in total. The number of nitrogens with one attached hydrogen (secondary N) is 1. The lowest BCUT2D eigenvalue weighted by Crippen LogP contribution is -2.50. The van der Waals surface area contributed by atoms with Crippen molar-refractivity contribution in [3.05, 3.63) is 0 Å². The van der Waals surface area contributed by atoms with Crippen LogP contribution in [0, 0.1) is 5.41 Å². The van der Waals surface area contributed by atoms with Crippen LogP contribution < -0.4 is 11.1 Å². The summed E-state index contributed by atoms with van der Waals surface area (Å²) in [5.74, 6) is -0.105. The minimum absolute atomic E-state index is 0.105. The van der Waals surface area contributed by atoms with Crippen molar-refractivity contribution in [3.63, 3.8) is 0 Å². The van der Waals surface area contributed by atoms with E-state index < -0.39 is 5.41 Å². The number of methoxy groups -OCH3 is 2. The van der Waals surface area contributed by atoms with Crippen LogP contribution in [0.3, 0.4) is 0 Å². The monoisotopic (exact) mass is 304 g/mol. The molecular weight excluding hydrogens is 276 g/mol. The van der Waals surface area contributed by atoms with Gasteiger partial charge in [0.25, 0.3) is 0 Å². The first-order valence-electron chi connectivity index (χ1n) is 7.08. The van der Waals surface area contributed by atoms with Crippen LogP contribution in [-0.4, -0.2) is 44.4 Å². The maximum Gasteiger partial charge on any atom is 0.233 e. The summed E-state index contributed by atoms with van der Waals surface area (Å²) < 4.78 is 10.3. The van der Waals surface area contributed by atoms with Crippen molar-refractivity contribution in [3.8, 4) is 0 Å². The molecule has 0 heterocycles. The fourth-order valence-corrected chi connectivity index (χ4v) is 2.63. The highest BCUT2D eigenvalue weighted by Crippen LogP contribution is 2.30. The van der Waals surface area contributed by atoms with Gasteiger partial charge < -0.3 is 20.5 Å². The predicted molar refractivity (Wildman–Crippen MR) is 84.7 cm³/mol. The van der Waals surface area contributed by atoms with Crippen LogP contribution in [-0.2, 0) is 14.3 Å². The third-order valence-electron chi connectivity index (χ3n) is 3.44. The van der Waals surface area contributed by atoms with Crippen molar-refractivity contribution in [2.24, 2.45) is 11.1 Å². The largest absolute Gasteiger partial charge is 0.392 e. The van der Waals surface area contributed by atoms with Crippen molar-refractivity contribution in [1.29, 1.82) is 0 Å². The molecule has 20 heavy (non-hydrogen) atoms. The van der Waals surface area contributed by atoms with Gasteiger partial charge >= 0.3 is 0 Å². The van der Waals surface area contributed by atoms with Crippen LogP contribution in [0.25, 0.3) is 0 Å². The molecule has 0 aromatic heterocycles. The summed E-state index contributed by atoms with van der Waals surface area (Å²) in [6, 6.07) is 0. The molecule has 0 saturated carbocycles. The first kappa shape index (κ1) is 19.3. The van der Waals surface area contributed by atoms with E-state index in [2.05, 4.69) is 5.32 Å². The Morgan fingerprint density at radius 3 is 2.20 bits per heavy atom. The minimum atomic E-state index is -0.746. The molecule has 0 aromatic rings. The highest BCUT2D eigenvalue weighted by atomic mass is 32.1. The average molecular weight is 304 g/mol. The molecule has 0 aliphatic carbocycles. The van der Waals surface area contributed by atoms with Gasteiger partial charge in [0.15, 0.2) is 0 Å². The maximum absolute atomic E-state index is 12.5. The standard InChI is InChI=1S/C14H28N2O3S/c1-5-7-14(8-6-2,12(15)20)13(17)16-9-11(19-4)10-18-3/h11H,5-10H2,1-4H3,(H2,15,20)(H,16,17). The summed E-state index contributed by atoms with van der Waals surface area (Å²) >= 11 is 5.16. The van der Waals surface area contributed by atoms with Gasteiger partial charge in [-0.15, -0.1) is 0 Å². The number of amides is 1. The molecule has 0 aliphatic rings. The molecule has 1 atom stereocenters. The number of nitrogens with two attached hydrogens (primary N) is 1. The lowest BCUT2D eigenvalue weighted by Gasteiger charge is -2.31. The molecule has 6 heteroatoms. The highest BCUT2D eigenvalue weighted by Gasteiger charge is 2.39. The number of ether oxygens (including phenoxy) is 2. The molecule has 0 aliphatic heterocycles. The second kappa shape index (κ2) is 10.1. The van der Waals surface area contributed by atoms with Gasteiger partial charge in [-0.2, -0.15) is 0 Å². The number of carbonyl (C=O) groups excluding carboxylic acids is 1. The number of thiocarbonyl (C=S) groups is 1. The number of hydrogen-bond donors (Lipinski definition) is 2. The van der Waals surface area contributed by atoms with Gasteiger partial charge in [-0.1, -0.05) is 38.9 Å². The van der Waals surface area contributed by atoms with Gasteiger partial charge in [-0.3, -0.25) is 4.79 Å². The van der Waals surface area contributed by atoms with Gasteiger partial charge in [-0.05, 0) is 12.8 Å². The SMILES string of the molecule is CCCC(CCC)(C(=O)NCC(COC)OC)C(N)=S. The van der Waals surface area contributed by atoms with Crippen molar-refractivity contribution in [2.75, 3.05) is 27.4 Å². The van der Waals surface area contributed by atoms with Gasteiger partial charge in [0.1, 0.15) is 0 Å². The van der Waals surface area contributed by atoms with Crippen molar-refractivity contribution in [2.45, 2.75) is 45.6 Å². The van der Waals surface area contributed by atoms with E-state index in [1.54, 1.807) is 14.2 Å². The molecular formula is C14H28N2O3S. The Bertz CT molecular complexity index is 305. The van der Waals surface area contributed by atoms with E-state index in [1.807, 2.05) is 13.8 Å². The lowest BCUT2D eigenvalue weighted by molar-refractivity contribution is -0.129. The van der Waals surface area contributed by atoms with Crippen molar-refractivity contribution < 1.29 is 14.3 Å². The van der Waals surface area contributed by atoms with Gasteiger partial charge in [0.2, 0.25) is 5.91 Å². The third kappa shape index (κ3) is 5.34. The van der Waals surface area contributed by atoms with Crippen LogP contribution in [0.2, 0.25) is 0 Å². The van der Waals surface area contributed by atoms with E-state index in [1.165, 1.54) is 0 Å². The summed E-state index contributed by atoms with van der Waals surface area (Å²) in [6.07, 6.45) is 2.89. The van der Waals surface area contributed by atoms with E-state index in [-0.39, 0.29) is 17.0 Å². The van der Waals surface area contributed by atoms with Gasteiger partial charge in [-0.25, -0.2) is 0 Å². The second-order valence-electron chi connectivity index (χ2n) is 4.97. The zero-order valence-electron chi connectivity index (χ0n) is 13.0. The summed E-state index contributed by atoms with van der Waals surface area (Å²) in [7, 11) is 3.19. The van der Waals surface area contributed by atoms with E-state index in [0.29, 0.717) is 26.0 Å². The van der Waals surface area contributed by atoms with Crippen LogP contribution in [0.1, 0.15) is 39.5 Å². The maximum atomic E-state index is 12.5. The predicted octanol–water partition coefficient (Wildman–Crippen LogP) is 1.64. The Labute approximate surface area is 127 Å². The van der Waals surface area contributed by atoms with Gasteiger partial charge in [0, 0.05) is 20.8 Å². The van der Waals surface area contributed by atoms with E-state index in [9.17, 15) is 4.79 Å². The van der Waals surface area contributed by atoms with Crippen LogP contribution in [0.5, 0.6) is 0 Å². The number of rotatable bonds is 11. The van der Waals surface area contributed by atoms with Crippen LogP contribution in [0.4, 0.5) is 0 Å². The zero-order chi connectivity index (χ0) is 15.6. The topological polar surface area (TPSA) is 73.6 Å². The Kier molecular flexibility index (Phi) is 9.71. The fourth-order valence-electron chi connectivity index (χ4n) is 2.34. The molecule has 5 nitrogen and oxygen atoms in total. The Hall–Kier alpha value is -0.720. The number of carbonyl (C=O) groups is 1. The molecule has 0 radical (unpaired) electrons. The normalized spacial score (nSPS) is 13.0. The Balaban J connectivity index is 4.82. The van der Waals surface area contributed by atoms with Gasteiger partial charge in [0.05, 0.1) is 23.1 Å². The molecule has 1 amide bonds. The molecule has 0 rings (SSSR count). The fraction of sp³-hybridized carbons (Fsp3) is 0.857. The van der Waals surface area contributed by atoms with Crippen LogP contribution >= 0.6 is 12.2 Å². The quantitative estimate of drug-likeness (QED) is 0.568. The molecule has 0 fully saturated rings. The Morgan fingerprint density at radius 1 is 1.30 bits per heavy atom. The molecule has 0 aromatic carbocycles. The summed E-state index contributed by atoms with van der Waals surface area (Å²) in [5, 5.41) is 2.90. The van der Waals surface area contributed by atoms with E-state index in [4.69, 9.17) is 27.4 Å². The lowest BCUT2D eigenvalue weighted by atomic mass is 9.78. The first-order chi connectivity index (χ1) is 9.48. The highest BCUT2D eigenvalue weighted by molar-refractivity contribution is 7.80. The number of hydrogen-bond acceptors (Lipinski definition) is 4. The zero-order valence-corrected chi connectivity index (χ0v) is 13.8. The summed E-state index contributed by atoms with van der Waals surface area (Å²) in [5.41, 5.74) is 5.11. The van der Waals surface area contributed by atoms with Crippen LogP contribution in [0.15, 0.2) is 0 Å². The molecule has 1 unspecified atom stereocenters. The average Bonchev–Trinajstić information content (AvgIpc) is 2.42. The van der Waals surface area contributed by atoms with E-state index in [0.717, 1.165) is 12.8 Å². The molecule has 118 valence electrons. The van der Waals surface area contributed by atoms with Crippen molar-refractivity contribution in [1.82, 2.24) is 5.32 Å². The molecule has 0 spiro atoms. The molecule has 0 bridgehead atoms. The Morgan fingerprint density at radius 2 is 1.85 bits per heavy atom. The minimum Gasteiger partial charge on any atom is -0.392 e. The second-order valence-corrected chi connectivity index (χ2v) is 5.41. The van der Waals surface area contributed by atoms with Crippen molar-refractivity contribution >= 4 is 23.1 Å². The summed E-state index contributed by atoms with van der Waals surface area (Å²) in [6.45, 7) is 4.87. The summed E-state index contributed by atoms with van der Waals surface area (Å²) in [4.78, 5) is 12.8. The molecule has 0 saturated heterocycles. The third-order valence-corrected chi connectivity index (χ3v) is 3.83. The first-order valence-corrected chi connectivity index (χ1v) is 7.49. The van der Waals surface area contributed by atoms with E-state index >= 15 is 0 Å².